The van der Waals surface area contributed by atoms with E-state index in [0.29, 0.717) is 5.92 Å². The molecular weight excluding hydrogens is 276 g/mol. The molecule has 2 atom stereocenters. The van der Waals surface area contributed by atoms with E-state index >= 15 is 0 Å². The molecule has 114 valence electrons. The third-order valence-electron chi connectivity index (χ3n) is 3.86. The maximum atomic E-state index is 12.4. The van der Waals surface area contributed by atoms with Gasteiger partial charge in [0.1, 0.15) is 4.90 Å². The van der Waals surface area contributed by atoms with Crippen LogP contribution in [-0.2, 0) is 10.0 Å². The maximum absolute atomic E-state index is 12.4. The van der Waals surface area contributed by atoms with E-state index in [4.69, 9.17) is 0 Å². The highest BCUT2D eigenvalue weighted by Gasteiger charge is 2.32. The Balaban J connectivity index is 2.11. The van der Waals surface area contributed by atoms with E-state index in [9.17, 15) is 8.42 Å². The Kier molecular flexibility index (Phi) is 4.51. The van der Waals surface area contributed by atoms with E-state index < -0.39 is 10.0 Å². The molecular formula is C13H24N4O2S. The third kappa shape index (κ3) is 3.21. The number of rotatable bonds is 5. The van der Waals surface area contributed by atoms with Gasteiger partial charge in [-0.15, -0.1) is 0 Å². The molecule has 0 aliphatic carbocycles. The highest BCUT2D eigenvalue weighted by molar-refractivity contribution is 7.89. The molecule has 0 radical (unpaired) electrons. The Bertz CT molecular complexity index is 552. The molecule has 1 fully saturated rings. The minimum absolute atomic E-state index is 0.0256. The molecule has 1 aliphatic rings. The van der Waals surface area contributed by atoms with E-state index in [0.717, 1.165) is 19.6 Å². The summed E-state index contributed by atoms with van der Waals surface area (Å²) in [6.07, 6.45) is 3.00. The van der Waals surface area contributed by atoms with Crippen LogP contribution in [0.2, 0.25) is 0 Å². The zero-order valence-corrected chi connectivity index (χ0v) is 13.4. The predicted molar refractivity (Wildman–Crippen MR) is 78.0 cm³/mol. The fourth-order valence-electron chi connectivity index (χ4n) is 2.49. The number of nitrogens with one attached hydrogen (secondary N) is 1. The average molecular weight is 300 g/mol. The first-order valence-electron chi connectivity index (χ1n) is 7.12. The summed E-state index contributed by atoms with van der Waals surface area (Å²) < 4.78 is 29.2. The SMILES string of the molecule is CCN1C[C@H](C)[C@H](NS(=O)(=O)c2cnn(C(C)C)c2)C1. The van der Waals surface area contributed by atoms with E-state index in [1.54, 1.807) is 10.9 Å². The zero-order chi connectivity index (χ0) is 14.9. The second-order valence-electron chi connectivity index (χ2n) is 5.81. The number of hydrogen-bond donors (Lipinski definition) is 1. The number of nitrogens with zero attached hydrogens (tertiary/aromatic N) is 3. The lowest BCUT2D eigenvalue weighted by Crippen LogP contribution is -2.39. The van der Waals surface area contributed by atoms with Gasteiger partial charge in [-0.25, -0.2) is 13.1 Å². The van der Waals surface area contributed by atoms with Gasteiger partial charge in [0, 0.05) is 31.4 Å². The summed E-state index contributed by atoms with van der Waals surface area (Å²) >= 11 is 0. The molecule has 6 nitrogen and oxygen atoms in total. The molecule has 1 saturated heterocycles. The van der Waals surface area contributed by atoms with Crippen LogP contribution in [-0.4, -0.2) is 48.8 Å². The minimum atomic E-state index is -3.48. The molecule has 7 heteroatoms. The van der Waals surface area contributed by atoms with Crippen LogP contribution in [0.15, 0.2) is 17.3 Å². The van der Waals surface area contributed by atoms with Crippen LogP contribution in [0.5, 0.6) is 0 Å². The number of aromatic nitrogens is 2. The largest absolute Gasteiger partial charge is 0.302 e. The van der Waals surface area contributed by atoms with Crippen LogP contribution >= 0.6 is 0 Å². The van der Waals surface area contributed by atoms with Crippen molar-refractivity contribution in [1.29, 1.82) is 0 Å². The Morgan fingerprint density at radius 1 is 1.45 bits per heavy atom. The topological polar surface area (TPSA) is 67.2 Å². The first kappa shape index (κ1) is 15.5. The minimum Gasteiger partial charge on any atom is -0.302 e. The van der Waals surface area contributed by atoms with Gasteiger partial charge in [0.2, 0.25) is 10.0 Å². The molecule has 1 aliphatic heterocycles. The highest BCUT2D eigenvalue weighted by Crippen LogP contribution is 2.19. The number of likely N-dealkylation sites (tertiary alicyclic amines) is 1. The fourth-order valence-corrected chi connectivity index (χ4v) is 3.76. The Hall–Kier alpha value is -0.920. The van der Waals surface area contributed by atoms with Crippen LogP contribution in [0.25, 0.3) is 0 Å². The Morgan fingerprint density at radius 2 is 2.15 bits per heavy atom. The fraction of sp³-hybridized carbons (Fsp3) is 0.769. The van der Waals surface area contributed by atoms with Crippen molar-refractivity contribution >= 4 is 10.0 Å². The molecule has 1 aromatic heterocycles. The van der Waals surface area contributed by atoms with Crippen molar-refractivity contribution in [3.05, 3.63) is 12.4 Å². The van der Waals surface area contributed by atoms with Crippen LogP contribution in [0.3, 0.4) is 0 Å². The quantitative estimate of drug-likeness (QED) is 0.883. The van der Waals surface area contributed by atoms with Gasteiger partial charge in [-0.3, -0.25) is 4.68 Å². The molecule has 0 aromatic carbocycles. The van der Waals surface area contributed by atoms with Crippen molar-refractivity contribution < 1.29 is 8.42 Å². The first-order valence-corrected chi connectivity index (χ1v) is 8.60. The van der Waals surface area contributed by atoms with Gasteiger partial charge < -0.3 is 4.90 Å². The van der Waals surface area contributed by atoms with Gasteiger partial charge in [0.05, 0.1) is 6.20 Å². The second kappa shape index (κ2) is 5.83. The van der Waals surface area contributed by atoms with Gasteiger partial charge in [0.25, 0.3) is 0 Å². The number of likely N-dealkylation sites (N-methyl/N-ethyl adjacent to an activating group) is 1. The molecule has 2 rings (SSSR count). The van der Waals surface area contributed by atoms with E-state index in [2.05, 4.69) is 28.6 Å². The van der Waals surface area contributed by atoms with Crippen molar-refractivity contribution in [3.8, 4) is 0 Å². The van der Waals surface area contributed by atoms with Crippen molar-refractivity contribution in [2.24, 2.45) is 5.92 Å². The summed E-state index contributed by atoms with van der Waals surface area (Å²) in [5.74, 6) is 0.324. The molecule has 0 amide bonds. The standard InChI is InChI=1S/C13H24N4O2S/c1-5-16-7-11(4)13(9-16)15-20(18,19)12-6-14-17(8-12)10(2)3/h6,8,10-11,13,15H,5,7,9H2,1-4H3/t11-,13+/m0/s1. The first-order chi connectivity index (χ1) is 9.33. The van der Waals surface area contributed by atoms with Crippen LogP contribution in [0.4, 0.5) is 0 Å². The third-order valence-corrected chi connectivity index (χ3v) is 5.30. The van der Waals surface area contributed by atoms with Gasteiger partial charge >= 0.3 is 0 Å². The summed E-state index contributed by atoms with van der Waals surface area (Å²) in [6, 6.07) is 0.127. The van der Waals surface area contributed by atoms with Gasteiger partial charge in [-0.05, 0) is 26.3 Å². The maximum Gasteiger partial charge on any atom is 0.243 e. The van der Waals surface area contributed by atoms with Crippen molar-refractivity contribution in [2.45, 2.75) is 44.7 Å². The number of sulfonamides is 1. The molecule has 1 aromatic rings. The summed E-state index contributed by atoms with van der Waals surface area (Å²) in [5, 5.41) is 4.09. The van der Waals surface area contributed by atoms with Crippen LogP contribution in [0, 0.1) is 5.92 Å². The van der Waals surface area contributed by atoms with Crippen molar-refractivity contribution in [2.75, 3.05) is 19.6 Å². The smallest absolute Gasteiger partial charge is 0.243 e. The van der Waals surface area contributed by atoms with Gasteiger partial charge in [-0.2, -0.15) is 5.10 Å². The van der Waals surface area contributed by atoms with E-state index in [1.165, 1.54) is 6.20 Å². The monoisotopic (exact) mass is 300 g/mol. The van der Waals surface area contributed by atoms with E-state index in [-0.39, 0.29) is 17.0 Å². The lowest BCUT2D eigenvalue weighted by atomic mass is 10.1. The summed E-state index contributed by atoms with van der Waals surface area (Å²) in [6.45, 7) is 10.8. The Labute approximate surface area is 121 Å². The predicted octanol–water partition coefficient (Wildman–Crippen LogP) is 1.08. The lowest BCUT2D eigenvalue weighted by molar-refractivity contribution is 0.344. The molecule has 0 unspecified atom stereocenters. The molecule has 20 heavy (non-hydrogen) atoms. The summed E-state index contributed by atoms with van der Waals surface area (Å²) in [7, 11) is -3.48. The molecule has 2 heterocycles. The van der Waals surface area contributed by atoms with Crippen molar-refractivity contribution in [1.82, 2.24) is 19.4 Å². The summed E-state index contributed by atoms with van der Waals surface area (Å²) in [4.78, 5) is 2.50. The normalized spacial score (nSPS) is 24.6. The average Bonchev–Trinajstić information content (AvgIpc) is 2.97. The van der Waals surface area contributed by atoms with Gasteiger partial charge in [0.15, 0.2) is 0 Å². The molecule has 0 bridgehead atoms. The van der Waals surface area contributed by atoms with Crippen LogP contribution < -0.4 is 4.72 Å². The Morgan fingerprint density at radius 3 is 2.65 bits per heavy atom. The van der Waals surface area contributed by atoms with Crippen molar-refractivity contribution in [3.63, 3.8) is 0 Å². The van der Waals surface area contributed by atoms with Crippen LogP contribution in [0.1, 0.15) is 33.7 Å². The highest BCUT2D eigenvalue weighted by atomic mass is 32.2. The van der Waals surface area contributed by atoms with Gasteiger partial charge in [-0.1, -0.05) is 13.8 Å². The molecule has 1 N–H and O–H groups in total. The zero-order valence-electron chi connectivity index (χ0n) is 12.6. The molecule has 0 spiro atoms. The second-order valence-corrected chi connectivity index (χ2v) is 7.52. The number of hydrogen-bond acceptors (Lipinski definition) is 4. The summed E-state index contributed by atoms with van der Waals surface area (Å²) in [5.41, 5.74) is 0. The van der Waals surface area contributed by atoms with E-state index in [1.807, 2.05) is 13.8 Å². The lowest BCUT2D eigenvalue weighted by Gasteiger charge is -2.16. The molecule has 0 saturated carbocycles.